The summed E-state index contributed by atoms with van der Waals surface area (Å²) in [6, 6.07) is 0.757. The number of rotatable bonds is 5. The van der Waals surface area contributed by atoms with Gasteiger partial charge in [0.1, 0.15) is 0 Å². The van der Waals surface area contributed by atoms with Crippen LogP contribution in [0.3, 0.4) is 0 Å². The molecule has 1 aliphatic carbocycles. The topological polar surface area (TPSA) is 21.3 Å². The second-order valence-electron chi connectivity index (χ2n) is 3.77. The van der Waals surface area contributed by atoms with E-state index in [1.54, 1.807) is 0 Å². The summed E-state index contributed by atoms with van der Waals surface area (Å²) in [5, 5.41) is 4.30. The van der Waals surface area contributed by atoms with E-state index in [1.165, 1.54) is 25.7 Å². The predicted molar refractivity (Wildman–Crippen MR) is 59.4 cm³/mol. The number of hydrogen-bond donors (Lipinski definition) is 1. The van der Waals surface area contributed by atoms with Gasteiger partial charge in [-0.3, -0.25) is 0 Å². The van der Waals surface area contributed by atoms with Gasteiger partial charge in [-0.15, -0.1) is 0 Å². The van der Waals surface area contributed by atoms with Crippen LogP contribution in [0.25, 0.3) is 0 Å². The van der Waals surface area contributed by atoms with Gasteiger partial charge in [-0.05, 0) is 38.6 Å². The Kier molecular flexibility index (Phi) is 6.00. The van der Waals surface area contributed by atoms with Crippen LogP contribution in [0, 0.1) is 5.92 Å². The van der Waals surface area contributed by atoms with Gasteiger partial charge in [0.25, 0.3) is 0 Å². The van der Waals surface area contributed by atoms with E-state index in [0.29, 0.717) is 0 Å². The molecule has 0 aromatic heterocycles. The number of hydrogen-bond acceptors (Lipinski definition) is 2. The summed E-state index contributed by atoms with van der Waals surface area (Å²) in [5.74, 6) is 0.809. The lowest BCUT2D eigenvalue weighted by molar-refractivity contribution is 0.0926. The lowest BCUT2D eigenvalue weighted by Crippen LogP contribution is -2.31. The van der Waals surface area contributed by atoms with Crippen molar-refractivity contribution in [3.63, 3.8) is 0 Å². The summed E-state index contributed by atoms with van der Waals surface area (Å²) in [4.78, 5) is 0. The Morgan fingerprint density at radius 3 is 2.54 bits per heavy atom. The standard InChI is InChI=1S/C10H20BrNO/c1-12-10-4-2-9(3-5-10)8-13-7-6-11/h9-10,12H,2-8H2,1H3. The molecule has 13 heavy (non-hydrogen) atoms. The molecule has 3 heteroatoms. The number of alkyl halides is 1. The third kappa shape index (κ3) is 4.43. The zero-order valence-corrected chi connectivity index (χ0v) is 9.98. The van der Waals surface area contributed by atoms with Gasteiger partial charge in [0.05, 0.1) is 6.61 Å². The fourth-order valence-corrected chi connectivity index (χ4v) is 2.15. The van der Waals surface area contributed by atoms with Crippen LogP contribution in [0.1, 0.15) is 25.7 Å². The molecule has 0 spiro atoms. The van der Waals surface area contributed by atoms with E-state index in [2.05, 4.69) is 28.3 Å². The predicted octanol–water partition coefficient (Wildman–Crippen LogP) is 2.18. The fraction of sp³-hybridized carbons (Fsp3) is 1.00. The molecule has 0 atom stereocenters. The van der Waals surface area contributed by atoms with Gasteiger partial charge in [0.15, 0.2) is 0 Å². The van der Waals surface area contributed by atoms with E-state index < -0.39 is 0 Å². The minimum Gasteiger partial charge on any atom is -0.380 e. The molecule has 0 radical (unpaired) electrons. The van der Waals surface area contributed by atoms with E-state index >= 15 is 0 Å². The normalized spacial score (nSPS) is 29.1. The van der Waals surface area contributed by atoms with Crippen molar-refractivity contribution in [1.29, 1.82) is 0 Å². The molecule has 1 rings (SSSR count). The summed E-state index contributed by atoms with van der Waals surface area (Å²) in [6.07, 6.45) is 5.29. The van der Waals surface area contributed by atoms with Crippen molar-refractivity contribution in [3.05, 3.63) is 0 Å². The summed E-state index contributed by atoms with van der Waals surface area (Å²) in [5.41, 5.74) is 0. The van der Waals surface area contributed by atoms with Crippen molar-refractivity contribution in [1.82, 2.24) is 5.32 Å². The molecule has 0 amide bonds. The number of halogens is 1. The Bertz CT molecular complexity index is 121. The molecule has 1 N–H and O–H groups in total. The van der Waals surface area contributed by atoms with Crippen LogP contribution >= 0.6 is 15.9 Å². The Morgan fingerprint density at radius 2 is 2.00 bits per heavy atom. The second kappa shape index (κ2) is 6.80. The first-order valence-corrected chi connectivity index (χ1v) is 6.30. The maximum absolute atomic E-state index is 5.52. The average molecular weight is 250 g/mol. The van der Waals surface area contributed by atoms with Crippen LogP contribution in [-0.2, 0) is 4.74 Å². The summed E-state index contributed by atoms with van der Waals surface area (Å²) in [7, 11) is 2.06. The fourth-order valence-electron chi connectivity index (χ4n) is 1.92. The quantitative estimate of drug-likeness (QED) is 0.596. The molecule has 0 unspecified atom stereocenters. The smallest absolute Gasteiger partial charge is 0.0563 e. The maximum atomic E-state index is 5.52. The maximum Gasteiger partial charge on any atom is 0.0563 e. The largest absolute Gasteiger partial charge is 0.380 e. The minimum atomic E-state index is 0.757. The minimum absolute atomic E-state index is 0.757. The van der Waals surface area contributed by atoms with E-state index in [0.717, 1.165) is 30.5 Å². The molecular weight excluding hydrogens is 230 g/mol. The van der Waals surface area contributed by atoms with Gasteiger partial charge in [-0.25, -0.2) is 0 Å². The highest BCUT2D eigenvalue weighted by Gasteiger charge is 2.19. The lowest BCUT2D eigenvalue weighted by Gasteiger charge is -2.27. The number of nitrogens with one attached hydrogen (secondary N) is 1. The van der Waals surface area contributed by atoms with Crippen molar-refractivity contribution in [3.8, 4) is 0 Å². The SMILES string of the molecule is CNC1CCC(COCCBr)CC1. The average Bonchev–Trinajstić information content (AvgIpc) is 2.19. The van der Waals surface area contributed by atoms with Crippen molar-refractivity contribution in [2.45, 2.75) is 31.7 Å². The van der Waals surface area contributed by atoms with Crippen LogP contribution < -0.4 is 5.32 Å². The van der Waals surface area contributed by atoms with Crippen molar-refractivity contribution in [2.24, 2.45) is 5.92 Å². The zero-order chi connectivity index (χ0) is 9.52. The van der Waals surface area contributed by atoms with E-state index in [1.807, 2.05) is 0 Å². The van der Waals surface area contributed by atoms with Crippen LogP contribution in [-0.4, -0.2) is 31.6 Å². The van der Waals surface area contributed by atoms with E-state index in [9.17, 15) is 0 Å². The van der Waals surface area contributed by atoms with Crippen molar-refractivity contribution < 1.29 is 4.74 Å². The first-order valence-electron chi connectivity index (χ1n) is 5.17. The van der Waals surface area contributed by atoms with Crippen molar-refractivity contribution >= 4 is 15.9 Å². The third-order valence-electron chi connectivity index (χ3n) is 2.83. The molecule has 0 heterocycles. The Balaban J connectivity index is 2.03. The Labute approximate surface area is 89.5 Å². The molecule has 0 aromatic carbocycles. The highest BCUT2D eigenvalue weighted by atomic mass is 79.9. The Morgan fingerprint density at radius 1 is 1.31 bits per heavy atom. The summed E-state index contributed by atoms with van der Waals surface area (Å²) in [6.45, 7) is 1.81. The molecular formula is C10H20BrNO. The van der Waals surface area contributed by atoms with Crippen LogP contribution in [0.15, 0.2) is 0 Å². The zero-order valence-electron chi connectivity index (χ0n) is 8.39. The van der Waals surface area contributed by atoms with Gasteiger partial charge in [0, 0.05) is 18.0 Å². The van der Waals surface area contributed by atoms with Crippen LogP contribution in [0.2, 0.25) is 0 Å². The molecule has 0 saturated heterocycles. The van der Waals surface area contributed by atoms with E-state index in [4.69, 9.17) is 4.74 Å². The molecule has 1 aliphatic rings. The van der Waals surface area contributed by atoms with E-state index in [-0.39, 0.29) is 0 Å². The molecule has 0 bridgehead atoms. The lowest BCUT2D eigenvalue weighted by atomic mass is 9.87. The first kappa shape index (κ1) is 11.5. The van der Waals surface area contributed by atoms with Crippen molar-refractivity contribution in [2.75, 3.05) is 25.6 Å². The molecule has 0 aliphatic heterocycles. The van der Waals surface area contributed by atoms with Crippen LogP contribution in [0.4, 0.5) is 0 Å². The Hall–Kier alpha value is 0.400. The number of ether oxygens (including phenoxy) is 1. The van der Waals surface area contributed by atoms with Gasteiger partial charge >= 0.3 is 0 Å². The molecule has 1 fully saturated rings. The monoisotopic (exact) mass is 249 g/mol. The molecule has 0 aromatic rings. The second-order valence-corrected chi connectivity index (χ2v) is 4.56. The third-order valence-corrected chi connectivity index (χ3v) is 3.15. The highest BCUT2D eigenvalue weighted by molar-refractivity contribution is 9.09. The summed E-state index contributed by atoms with van der Waals surface area (Å²) >= 11 is 3.36. The molecule has 1 saturated carbocycles. The van der Waals surface area contributed by atoms with Gasteiger partial charge in [0.2, 0.25) is 0 Å². The summed E-state index contributed by atoms with van der Waals surface area (Å²) < 4.78 is 5.52. The van der Waals surface area contributed by atoms with Gasteiger partial charge in [-0.2, -0.15) is 0 Å². The molecule has 2 nitrogen and oxygen atoms in total. The molecule has 78 valence electrons. The first-order chi connectivity index (χ1) is 6.36. The van der Waals surface area contributed by atoms with Gasteiger partial charge in [-0.1, -0.05) is 15.9 Å². The van der Waals surface area contributed by atoms with Gasteiger partial charge < -0.3 is 10.1 Å². The van der Waals surface area contributed by atoms with Crippen LogP contribution in [0.5, 0.6) is 0 Å². The highest BCUT2D eigenvalue weighted by Crippen LogP contribution is 2.24.